The van der Waals surface area contributed by atoms with Crippen molar-refractivity contribution in [2.75, 3.05) is 38.5 Å². The lowest BCUT2D eigenvalue weighted by atomic mass is 10.2. The first-order valence-electron chi connectivity index (χ1n) is 10.9. The Labute approximate surface area is 226 Å². The summed E-state index contributed by atoms with van der Waals surface area (Å²) in [4.78, 5) is 0. The Hall–Kier alpha value is -4.97. The fourth-order valence-corrected chi connectivity index (χ4v) is 3.05. The van der Waals surface area contributed by atoms with Crippen molar-refractivity contribution in [2.45, 2.75) is 0 Å². The van der Waals surface area contributed by atoms with Gasteiger partial charge in [0.25, 0.3) is 5.96 Å². The number of benzene rings is 3. The van der Waals surface area contributed by atoms with Crippen LogP contribution in [0.15, 0.2) is 75.0 Å². The molecule has 0 aliphatic rings. The summed E-state index contributed by atoms with van der Waals surface area (Å²) in [6.07, 6.45) is 4.62. The van der Waals surface area contributed by atoms with Crippen molar-refractivity contribution in [1.82, 2.24) is 10.9 Å². The molecule has 200 valence electrons. The summed E-state index contributed by atoms with van der Waals surface area (Å²) in [6, 6.07) is 15.6. The molecule has 3 rings (SSSR count). The summed E-state index contributed by atoms with van der Waals surface area (Å²) >= 11 is 0. The van der Waals surface area contributed by atoms with Crippen LogP contribution in [-0.2, 0) is 0 Å². The molecule has 0 aliphatic carbocycles. The second-order valence-corrected chi connectivity index (χ2v) is 7.44. The van der Waals surface area contributed by atoms with Crippen LogP contribution in [0.25, 0.3) is 0 Å². The highest BCUT2D eigenvalue weighted by molar-refractivity contribution is 5.89. The minimum atomic E-state index is 0. The van der Waals surface area contributed by atoms with E-state index >= 15 is 0 Å². The van der Waals surface area contributed by atoms with Crippen molar-refractivity contribution in [2.24, 2.45) is 20.4 Å². The Kier molecular flexibility index (Phi) is 11.2. The summed E-state index contributed by atoms with van der Waals surface area (Å²) in [5.41, 5.74) is 26.8. The number of nitrogens with two attached hydrogens (primary N) is 3. The number of hydrazone groups is 2. The zero-order valence-corrected chi connectivity index (χ0v) is 21.9. The molecule has 38 heavy (non-hydrogen) atoms. The molecule has 13 heteroatoms. The van der Waals surface area contributed by atoms with Crippen molar-refractivity contribution in [3.63, 3.8) is 0 Å². The van der Waals surface area contributed by atoms with Crippen molar-refractivity contribution in [3.8, 4) is 17.2 Å². The largest absolute Gasteiger partial charge is 0.496 e. The van der Waals surface area contributed by atoms with Crippen LogP contribution >= 0.6 is 12.4 Å². The maximum Gasteiger partial charge on any atom is 0.257 e. The molecule has 8 N–H and O–H groups in total. The Bertz CT molecular complexity index is 1280. The van der Waals surface area contributed by atoms with Crippen LogP contribution in [0.2, 0.25) is 0 Å². The van der Waals surface area contributed by atoms with Crippen LogP contribution < -0.4 is 42.3 Å². The number of methoxy groups -OCH3 is 3. The number of nitrogen functional groups attached to an aromatic ring is 3. The average Bonchev–Trinajstić information content (AvgIpc) is 2.90. The first kappa shape index (κ1) is 29.3. The number of rotatable bonds is 9. The molecule has 0 aliphatic heterocycles. The number of guanidine groups is 1. The zero-order valence-electron chi connectivity index (χ0n) is 21.1. The third-order valence-electron chi connectivity index (χ3n) is 4.88. The van der Waals surface area contributed by atoms with E-state index in [0.29, 0.717) is 51.0 Å². The molecule has 0 radical (unpaired) electrons. The molecule has 0 amide bonds. The Morgan fingerprint density at radius 1 is 0.632 bits per heavy atom. The van der Waals surface area contributed by atoms with Gasteiger partial charge in [-0.25, -0.2) is 10.9 Å². The van der Waals surface area contributed by atoms with Crippen molar-refractivity contribution in [3.05, 3.63) is 71.3 Å². The van der Waals surface area contributed by atoms with E-state index in [4.69, 9.17) is 31.4 Å². The van der Waals surface area contributed by atoms with E-state index in [9.17, 15) is 0 Å². The van der Waals surface area contributed by atoms with Crippen LogP contribution in [-0.4, -0.2) is 45.9 Å². The molecule has 0 spiro atoms. The van der Waals surface area contributed by atoms with Gasteiger partial charge in [-0.05, 0) is 36.4 Å². The molecule has 0 fully saturated rings. The highest BCUT2D eigenvalue weighted by atomic mass is 35.5. The summed E-state index contributed by atoms with van der Waals surface area (Å²) < 4.78 is 16.0. The number of hydrogen-bond acceptors (Lipinski definition) is 10. The Balaban J connectivity index is 0.00000507. The molecular weight excluding hydrogens is 510 g/mol. The van der Waals surface area contributed by atoms with E-state index < -0.39 is 0 Å². The van der Waals surface area contributed by atoms with E-state index in [1.165, 1.54) is 6.21 Å². The molecule has 3 aromatic carbocycles. The highest BCUT2D eigenvalue weighted by Gasteiger charge is 2.04. The minimum Gasteiger partial charge on any atom is -0.496 e. The minimum absolute atomic E-state index is 0. The molecule has 0 unspecified atom stereocenters. The van der Waals surface area contributed by atoms with Crippen molar-refractivity contribution in [1.29, 1.82) is 0 Å². The number of nitrogens with zero attached hydrogens (tertiary/aromatic N) is 4. The maximum absolute atomic E-state index is 5.81. The third-order valence-corrected chi connectivity index (χ3v) is 4.88. The quantitative estimate of drug-likeness (QED) is 0.119. The van der Waals surface area contributed by atoms with Gasteiger partial charge >= 0.3 is 0 Å². The monoisotopic (exact) mass is 539 g/mol. The molecule has 0 bridgehead atoms. The van der Waals surface area contributed by atoms with Gasteiger partial charge in [0, 0.05) is 52.0 Å². The van der Waals surface area contributed by atoms with E-state index in [-0.39, 0.29) is 18.4 Å². The second-order valence-electron chi connectivity index (χ2n) is 7.44. The van der Waals surface area contributed by atoms with Gasteiger partial charge in [-0.15, -0.1) is 17.5 Å². The van der Waals surface area contributed by atoms with E-state index in [1.54, 1.807) is 88.4 Å². The van der Waals surface area contributed by atoms with Gasteiger partial charge in [-0.2, -0.15) is 15.3 Å². The fourth-order valence-electron chi connectivity index (χ4n) is 3.05. The molecular formula is C25H30ClN9O3. The first-order chi connectivity index (χ1) is 17.9. The molecule has 0 saturated carbocycles. The highest BCUT2D eigenvalue weighted by Crippen LogP contribution is 2.21. The summed E-state index contributed by atoms with van der Waals surface area (Å²) in [5.74, 6) is 1.82. The van der Waals surface area contributed by atoms with Crippen LogP contribution in [0, 0.1) is 0 Å². The average molecular weight is 540 g/mol. The van der Waals surface area contributed by atoms with Gasteiger partial charge in [-0.3, -0.25) is 0 Å². The SMILES string of the molecule is COc1cc(N)ccc1/C=N/N=C(N/N=C/c1ccc(N)cc1OC)N/N=C/c1ccc(N)cc1OC.Cl. The van der Waals surface area contributed by atoms with Crippen LogP contribution in [0.3, 0.4) is 0 Å². The molecule has 0 heterocycles. The topological polar surface area (TPSA) is 179 Å². The Morgan fingerprint density at radius 3 is 1.37 bits per heavy atom. The lowest BCUT2D eigenvalue weighted by Crippen LogP contribution is -2.30. The normalized spacial score (nSPS) is 10.8. The van der Waals surface area contributed by atoms with Gasteiger partial charge in [0.15, 0.2) is 0 Å². The molecule has 0 atom stereocenters. The third kappa shape index (κ3) is 8.31. The van der Waals surface area contributed by atoms with Gasteiger partial charge in [0.2, 0.25) is 0 Å². The van der Waals surface area contributed by atoms with Crippen LogP contribution in [0.5, 0.6) is 17.2 Å². The predicted molar refractivity (Wildman–Crippen MR) is 156 cm³/mol. The van der Waals surface area contributed by atoms with Crippen molar-refractivity contribution < 1.29 is 14.2 Å². The first-order valence-corrected chi connectivity index (χ1v) is 10.9. The lowest BCUT2D eigenvalue weighted by Gasteiger charge is -2.07. The molecule has 3 aromatic rings. The van der Waals surface area contributed by atoms with Crippen LogP contribution in [0.1, 0.15) is 16.7 Å². The maximum atomic E-state index is 5.81. The van der Waals surface area contributed by atoms with Crippen molar-refractivity contribution >= 4 is 54.1 Å². The lowest BCUT2D eigenvalue weighted by molar-refractivity contribution is 0.414. The van der Waals surface area contributed by atoms with E-state index in [0.717, 1.165) is 0 Å². The zero-order chi connectivity index (χ0) is 26.6. The molecule has 0 saturated heterocycles. The van der Waals surface area contributed by atoms with Gasteiger partial charge < -0.3 is 31.4 Å². The summed E-state index contributed by atoms with van der Waals surface area (Å²) in [5, 5.41) is 16.7. The summed E-state index contributed by atoms with van der Waals surface area (Å²) in [6.45, 7) is 0. The summed E-state index contributed by atoms with van der Waals surface area (Å²) in [7, 11) is 4.65. The smallest absolute Gasteiger partial charge is 0.257 e. The van der Waals surface area contributed by atoms with E-state index in [1.807, 2.05) is 0 Å². The molecule has 12 nitrogen and oxygen atoms in total. The predicted octanol–water partition coefficient (Wildman–Crippen LogP) is 2.82. The second kappa shape index (κ2) is 14.6. The number of ether oxygens (including phenoxy) is 3. The van der Waals surface area contributed by atoms with E-state index in [2.05, 4.69) is 31.3 Å². The number of anilines is 3. The number of hydrogen-bond donors (Lipinski definition) is 5. The fraction of sp³-hybridized carbons (Fsp3) is 0.120. The van der Waals surface area contributed by atoms with Gasteiger partial charge in [0.05, 0.1) is 40.0 Å². The number of nitrogens with one attached hydrogen (secondary N) is 2. The molecule has 0 aromatic heterocycles. The number of halogens is 1. The standard InChI is InChI=1S/C25H29N9O3.ClH/c1-35-22-10-19(26)7-4-16(22)13-29-32-25(33-30-14-17-5-8-20(27)11-23(17)36-2)34-31-15-18-6-9-21(28)12-24(18)37-3;/h4-15H,26-28H2,1-3H3,(H2,32,33,34);1H/b29-13+,30-14+,31-15+;. The Morgan fingerprint density at radius 2 is 1.00 bits per heavy atom. The van der Waals surface area contributed by atoms with Crippen LogP contribution in [0.4, 0.5) is 17.1 Å². The van der Waals surface area contributed by atoms with Gasteiger partial charge in [0.1, 0.15) is 17.2 Å². The van der Waals surface area contributed by atoms with Gasteiger partial charge in [-0.1, -0.05) is 0 Å².